The molecule has 0 saturated carbocycles. The molecule has 0 fully saturated rings. The van der Waals surface area contributed by atoms with Gasteiger partial charge in [-0.15, -0.1) is 0 Å². The summed E-state index contributed by atoms with van der Waals surface area (Å²) >= 11 is 12.3. The molecule has 0 heterocycles. The fourth-order valence-corrected chi connectivity index (χ4v) is 2.34. The van der Waals surface area contributed by atoms with Crippen LogP contribution in [0.2, 0.25) is 10.0 Å². The molecular formula is C15H23Cl2NO3. The van der Waals surface area contributed by atoms with Crippen molar-refractivity contribution in [3.8, 4) is 5.75 Å². The Morgan fingerprint density at radius 3 is 2.62 bits per heavy atom. The van der Waals surface area contributed by atoms with Crippen LogP contribution >= 0.6 is 23.2 Å². The second-order valence-electron chi connectivity index (χ2n) is 4.51. The summed E-state index contributed by atoms with van der Waals surface area (Å²) in [5, 5.41) is 4.37. The Morgan fingerprint density at radius 1 is 1.10 bits per heavy atom. The van der Waals surface area contributed by atoms with Crippen LogP contribution in [0.5, 0.6) is 5.75 Å². The van der Waals surface area contributed by atoms with Crippen molar-refractivity contribution in [3.63, 3.8) is 0 Å². The van der Waals surface area contributed by atoms with Crippen LogP contribution in [-0.4, -0.2) is 40.1 Å². The van der Waals surface area contributed by atoms with Crippen molar-refractivity contribution in [1.82, 2.24) is 5.32 Å². The summed E-state index contributed by atoms with van der Waals surface area (Å²) < 4.78 is 16.1. The summed E-state index contributed by atoms with van der Waals surface area (Å²) in [5.74, 6) is 0.658. The van der Waals surface area contributed by atoms with E-state index in [2.05, 4.69) is 12.2 Å². The van der Waals surface area contributed by atoms with Crippen molar-refractivity contribution >= 4 is 23.2 Å². The maximum atomic E-state index is 6.21. The van der Waals surface area contributed by atoms with E-state index in [0.29, 0.717) is 42.2 Å². The van der Waals surface area contributed by atoms with Crippen LogP contribution < -0.4 is 10.1 Å². The van der Waals surface area contributed by atoms with Gasteiger partial charge in [0.2, 0.25) is 0 Å². The molecule has 1 aromatic rings. The van der Waals surface area contributed by atoms with E-state index < -0.39 is 0 Å². The van der Waals surface area contributed by atoms with Gasteiger partial charge in [0.25, 0.3) is 0 Å². The van der Waals surface area contributed by atoms with Crippen LogP contribution in [0.3, 0.4) is 0 Å². The highest BCUT2D eigenvalue weighted by molar-refractivity contribution is 6.35. The molecule has 120 valence electrons. The number of methoxy groups -OCH3 is 1. The summed E-state index contributed by atoms with van der Waals surface area (Å²) in [6, 6.07) is 3.54. The topological polar surface area (TPSA) is 39.7 Å². The van der Waals surface area contributed by atoms with Gasteiger partial charge < -0.3 is 19.5 Å². The molecule has 0 saturated heterocycles. The number of halogens is 2. The van der Waals surface area contributed by atoms with Crippen molar-refractivity contribution < 1.29 is 14.2 Å². The van der Waals surface area contributed by atoms with E-state index in [1.54, 1.807) is 13.2 Å². The van der Waals surface area contributed by atoms with Crippen molar-refractivity contribution in [3.05, 3.63) is 27.7 Å². The standard InChI is InChI=1S/C15H23Cl2NO3/c1-3-5-20-7-8-21-15-12(11-18-4-6-19-2)9-13(16)10-14(15)17/h9-10,18H,3-8,11H2,1-2H3. The molecule has 0 unspecified atom stereocenters. The molecule has 1 aromatic carbocycles. The fraction of sp³-hybridized carbons (Fsp3) is 0.600. The highest BCUT2D eigenvalue weighted by Crippen LogP contribution is 2.32. The van der Waals surface area contributed by atoms with Gasteiger partial charge in [0.1, 0.15) is 12.4 Å². The lowest BCUT2D eigenvalue weighted by molar-refractivity contribution is 0.100. The van der Waals surface area contributed by atoms with Gasteiger partial charge in [0.05, 0.1) is 18.2 Å². The average Bonchev–Trinajstić information content (AvgIpc) is 2.45. The molecule has 0 aliphatic carbocycles. The monoisotopic (exact) mass is 335 g/mol. The minimum atomic E-state index is 0.465. The number of nitrogens with one attached hydrogen (secondary N) is 1. The molecule has 0 radical (unpaired) electrons. The van der Waals surface area contributed by atoms with Crippen molar-refractivity contribution in [2.75, 3.05) is 40.1 Å². The largest absolute Gasteiger partial charge is 0.489 e. The molecule has 0 aliphatic rings. The van der Waals surface area contributed by atoms with Crippen LogP contribution in [0.1, 0.15) is 18.9 Å². The smallest absolute Gasteiger partial charge is 0.142 e. The number of rotatable bonds is 11. The Balaban J connectivity index is 2.57. The third kappa shape index (κ3) is 7.34. The van der Waals surface area contributed by atoms with Crippen LogP contribution in [-0.2, 0) is 16.0 Å². The summed E-state index contributed by atoms with van der Waals surface area (Å²) in [4.78, 5) is 0. The maximum Gasteiger partial charge on any atom is 0.142 e. The third-order valence-corrected chi connectivity index (χ3v) is 3.21. The van der Waals surface area contributed by atoms with E-state index in [1.165, 1.54) is 0 Å². The molecule has 4 nitrogen and oxygen atoms in total. The van der Waals surface area contributed by atoms with Crippen molar-refractivity contribution in [2.24, 2.45) is 0 Å². The summed E-state index contributed by atoms with van der Waals surface area (Å²) in [6.07, 6.45) is 0.996. The lowest BCUT2D eigenvalue weighted by Crippen LogP contribution is -2.19. The molecular weight excluding hydrogens is 313 g/mol. The zero-order chi connectivity index (χ0) is 15.5. The first-order valence-corrected chi connectivity index (χ1v) is 7.82. The van der Waals surface area contributed by atoms with E-state index in [-0.39, 0.29) is 0 Å². The maximum absolute atomic E-state index is 6.21. The van der Waals surface area contributed by atoms with Gasteiger partial charge >= 0.3 is 0 Å². The molecule has 0 aliphatic heterocycles. The fourth-order valence-electron chi connectivity index (χ4n) is 1.75. The van der Waals surface area contributed by atoms with Crippen LogP contribution in [0, 0.1) is 0 Å². The minimum absolute atomic E-state index is 0.465. The number of benzene rings is 1. The first kappa shape index (κ1) is 18.5. The van der Waals surface area contributed by atoms with Gasteiger partial charge in [-0.1, -0.05) is 30.1 Å². The number of hydrogen-bond donors (Lipinski definition) is 1. The molecule has 21 heavy (non-hydrogen) atoms. The van der Waals surface area contributed by atoms with Crippen molar-refractivity contribution in [2.45, 2.75) is 19.9 Å². The van der Waals surface area contributed by atoms with Gasteiger partial charge in [0, 0.05) is 37.4 Å². The van der Waals surface area contributed by atoms with Gasteiger partial charge in [-0.05, 0) is 18.6 Å². The zero-order valence-corrected chi connectivity index (χ0v) is 14.1. The molecule has 0 amide bonds. The third-order valence-electron chi connectivity index (χ3n) is 2.71. The van der Waals surface area contributed by atoms with Gasteiger partial charge in [0.15, 0.2) is 0 Å². The molecule has 6 heteroatoms. The summed E-state index contributed by atoms with van der Waals surface area (Å²) in [5.41, 5.74) is 0.930. The highest BCUT2D eigenvalue weighted by atomic mass is 35.5. The van der Waals surface area contributed by atoms with Crippen LogP contribution in [0.15, 0.2) is 12.1 Å². The van der Waals surface area contributed by atoms with E-state index in [9.17, 15) is 0 Å². The molecule has 1 N–H and O–H groups in total. The second kappa shape index (κ2) is 11.1. The lowest BCUT2D eigenvalue weighted by atomic mass is 10.2. The van der Waals surface area contributed by atoms with Crippen molar-refractivity contribution in [1.29, 1.82) is 0 Å². The Morgan fingerprint density at radius 2 is 1.90 bits per heavy atom. The van der Waals surface area contributed by atoms with E-state index >= 15 is 0 Å². The highest BCUT2D eigenvalue weighted by Gasteiger charge is 2.10. The molecule has 1 rings (SSSR count). The van der Waals surface area contributed by atoms with Crippen LogP contribution in [0.25, 0.3) is 0 Å². The zero-order valence-electron chi connectivity index (χ0n) is 12.6. The number of ether oxygens (including phenoxy) is 3. The Hall–Kier alpha value is -0.520. The summed E-state index contributed by atoms with van der Waals surface area (Å²) in [7, 11) is 1.67. The first-order valence-electron chi connectivity index (χ1n) is 7.07. The molecule has 0 atom stereocenters. The minimum Gasteiger partial charge on any atom is -0.489 e. The SMILES string of the molecule is CCCOCCOc1c(Cl)cc(Cl)cc1CNCCOC. The van der Waals surface area contributed by atoms with Gasteiger partial charge in [-0.3, -0.25) is 0 Å². The van der Waals surface area contributed by atoms with E-state index in [0.717, 1.165) is 25.1 Å². The number of hydrogen-bond acceptors (Lipinski definition) is 4. The lowest BCUT2D eigenvalue weighted by Gasteiger charge is -2.14. The predicted octanol–water partition coefficient (Wildman–Crippen LogP) is 3.53. The van der Waals surface area contributed by atoms with Gasteiger partial charge in [-0.25, -0.2) is 0 Å². The van der Waals surface area contributed by atoms with E-state index in [1.807, 2.05) is 6.07 Å². The van der Waals surface area contributed by atoms with Gasteiger partial charge in [-0.2, -0.15) is 0 Å². The molecule has 0 bridgehead atoms. The molecule has 0 aromatic heterocycles. The first-order chi connectivity index (χ1) is 10.2. The Labute approximate surface area is 136 Å². The Bertz CT molecular complexity index is 416. The molecule has 0 spiro atoms. The average molecular weight is 336 g/mol. The second-order valence-corrected chi connectivity index (χ2v) is 5.35. The van der Waals surface area contributed by atoms with E-state index in [4.69, 9.17) is 37.4 Å². The quantitative estimate of drug-likeness (QED) is 0.628. The van der Waals surface area contributed by atoms with Crippen LogP contribution in [0.4, 0.5) is 0 Å². The summed E-state index contributed by atoms with van der Waals surface area (Å²) in [6.45, 7) is 5.84. The predicted molar refractivity (Wildman–Crippen MR) is 86.6 cm³/mol. The Kier molecular flexibility index (Phi) is 9.79. The normalized spacial score (nSPS) is 10.9.